The van der Waals surface area contributed by atoms with Gasteiger partial charge in [-0.25, -0.2) is 9.78 Å². The van der Waals surface area contributed by atoms with Gasteiger partial charge in [0.05, 0.1) is 12.7 Å². The van der Waals surface area contributed by atoms with E-state index in [0.29, 0.717) is 31.6 Å². The summed E-state index contributed by atoms with van der Waals surface area (Å²) in [5.74, 6) is 5.98. The molecule has 0 atom stereocenters. The van der Waals surface area contributed by atoms with Gasteiger partial charge in [0, 0.05) is 38.4 Å². The summed E-state index contributed by atoms with van der Waals surface area (Å²) in [5.41, 5.74) is -0.0173. The molecule has 0 spiro atoms. The summed E-state index contributed by atoms with van der Waals surface area (Å²) in [6.45, 7) is 8.61. The molecule has 2 heterocycles. The maximum absolute atomic E-state index is 12.6. The number of carbonyl (C=O) groups excluding carboxylic acids is 2. The van der Waals surface area contributed by atoms with Gasteiger partial charge in [-0.05, 0) is 39.5 Å². The highest BCUT2D eigenvalue weighted by Crippen LogP contribution is 2.19. The molecule has 0 radical (unpaired) electrons. The Labute approximate surface area is 154 Å². The number of rotatable bonds is 2. The smallest absolute Gasteiger partial charge is 0.411 e. The predicted molar refractivity (Wildman–Crippen MR) is 97.1 cm³/mol. The van der Waals surface area contributed by atoms with Crippen molar-refractivity contribution in [3.63, 3.8) is 0 Å². The minimum atomic E-state index is -0.576. The van der Waals surface area contributed by atoms with Crippen LogP contribution in [-0.4, -0.2) is 63.0 Å². The first kappa shape index (κ1) is 19.7. The summed E-state index contributed by atoms with van der Waals surface area (Å²) >= 11 is 0. The Kier molecular flexibility index (Phi) is 6.56. The van der Waals surface area contributed by atoms with Gasteiger partial charge >= 0.3 is 6.09 Å². The van der Waals surface area contributed by atoms with E-state index in [-0.39, 0.29) is 24.6 Å². The Balaban J connectivity index is 2.08. The van der Waals surface area contributed by atoms with Crippen LogP contribution < -0.4 is 0 Å². The summed E-state index contributed by atoms with van der Waals surface area (Å²) in [6.07, 6.45) is 5.79. The largest absolute Gasteiger partial charge is 0.444 e. The zero-order valence-electron chi connectivity index (χ0n) is 15.9. The summed E-state index contributed by atoms with van der Waals surface area (Å²) in [7, 11) is 0. The molecule has 1 fully saturated rings. The molecule has 0 unspecified atom stereocenters. The van der Waals surface area contributed by atoms with E-state index in [9.17, 15) is 9.59 Å². The molecule has 0 saturated carbocycles. The fourth-order valence-electron chi connectivity index (χ4n) is 2.73. The lowest BCUT2D eigenvalue weighted by Gasteiger charge is -2.38. The second-order valence-electron chi connectivity index (χ2n) is 7.24. The maximum Gasteiger partial charge on any atom is 0.411 e. The molecular formula is C19H26N4O3. The average Bonchev–Trinajstić information content (AvgIpc) is 2.58. The number of carbonyl (C=O) groups is 2. The van der Waals surface area contributed by atoms with Crippen molar-refractivity contribution in [1.29, 1.82) is 0 Å². The molecule has 1 aromatic rings. The third-order valence-electron chi connectivity index (χ3n) is 4.01. The normalized spacial score (nSPS) is 15.0. The Morgan fingerprint density at radius 3 is 2.54 bits per heavy atom. The van der Waals surface area contributed by atoms with Crippen molar-refractivity contribution >= 4 is 12.0 Å². The van der Waals surface area contributed by atoms with Crippen molar-refractivity contribution in [2.75, 3.05) is 19.6 Å². The summed E-state index contributed by atoms with van der Waals surface area (Å²) < 4.78 is 5.54. The number of amides is 2. The van der Waals surface area contributed by atoms with E-state index in [1.54, 1.807) is 35.3 Å². The van der Waals surface area contributed by atoms with E-state index in [2.05, 4.69) is 21.8 Å². The molecule has 0 aliphatic carbocycles. The number of piperidine rings is 1. The summed E-state index contributed by atoms with van der Waals surface area (Å²) in [4.78, 5) is 35.7. The zero-order chi connectivity index (χ0) is 19.2. The highest BCUT2D eigenvalue weighted by atomic mass is 16.6. The number of likely N-dealkylation sites (tertiary alicyclic amines) is 1. The quantitative estimate of drug-likeness (QED) is 0.757. The monoisotopic (exact) mass is 358 g/mol. The molecule has 0 N–H and O–H groups in total. The van der Waals surface area contributed by atoms with Crippen LogP contribution in [0.5, 0.6) is 0 Å². The third kappa shape index (κ3) is 6.03. The van der Waals surface area contributed by atoms with E-state index in [4.69, 9.17) is 4.74 Å². The first-order chi connectivity index (χ1) is 12.3. The molecule has 0 bridgehead atoms. The van der Waals surface area contributed by atoms with Crippen molar-refractivity contribution in [3.05, 3.63) is 24.3 Å². The molecule has 7 heteroatoms. The molecule has 1 aromatic heterocycles. The second-order valence-corrected chi connectivity index (χ2v) is 7.24. The maximum atomic E-state index is 12.6. The van der Waals surface area contributed by atoms with E-state index < -0.39 is 5.60 Å². The molecular weight excluding hydrogens is 332 g/mol. The number of ether oxygens (including phenoxy) is 1. The lowest BCUT2D eigenvalue weighted by Crippen LogP contribution is -2.49. The van der Waals surface area contributed by atoms with Gasteiger partial charge in [0.2, 0.25) is 5.91 Å². The highest BCUT2D eigenvalue weighted by molar-refractivity contribution is 5.73. The van der Waals surface area contributed by atoms with Gasteiger partial charge in [0.15, 0.2) is 0 Å². The van der Waals surface area contributed by atoms with Gasteiger partial charge in [-0.3, -0.25) is 14.7 Å². The van der Waals surface area contributed by atoms with E-state index >= 15 is 0 Å². The number of hydrogen-bond acceptors (Lipinski definition) is 5. The molecule has 26 heavy (non-hydrogen) atoms. The molecule has 7 nitrogen and oxygen atoms in total. The highest BCUT2D eigenvalue weighted by Gasteiger charge is 2.31. The van der Waals surface area contributed by atoms with Gasteiger partial charge in [0.1, 0.15) is 11.3 Å². The van der Waals surface area contributed by atoms with Crippen molar-refractivity contribution in [2.24, 2.45) is 0 Å². The van der Waals surface area contributed by atoms with Gasteiger partial charge in [-0.1, -0.05) is 5.92 Å². The third-order valence-corrected chi connectivity index (χ3v) is 4.01. The zero-order valence-corrected chi connectivity index (χ0v) is 15.9. The van der Waals surface area contributed by atoms with Crippen LogP contribution >= 0.6 is 0 Å². The van der Waals surface area contributed by atoms with Crippen molar-refractivity contribution in [2.45, 2.75) is 52.2 Å². The molecule has 1 saturated heterocycles. The second kappa shape index (κ2) is 8.65. The minimum absolute atomic E-state index is 0.00314. The molecule has 2 amide bonds. The predicted octanol–water partition coefficient (Wildman–Crippen LogP) is 2.08. The standard InChI is InChI=1S/C19H26N4O3/c1-15(24)22-12-7-17(8-13-22)23(18(25)26-19(2,3)4)11-5-6-16-14-20-9-10-21-16/h9-10,14,17H,7-8,11-13H2,1-4H3. The lowest BCUT2D eigenvalue weighted by molar-refractivity contribution is -0.130. The fraction of sp³-hybridized carbons (Fsp3) is 0.579. The average molecular weight is 358 g/mol. The van der Waals surface area contributed by atoms with Crippen LogP contribution in [0, 0.1) is 11.8 Å². The van der Waals surface area contributed by atoms with Crippen LogP contribution in [0.25, 0.3) is 0 Å². The van der Waals surface area contributed by atoms with Crippen LogP contribution in [0.1, 0.15) is 46.2 Å². The minimum Gasteiger partial charge on any atom is -0.444 e. The fourth-order valence-corrected chi connectivity index (χ4v) is 2.73. The van der Waals surface area contributed by atoms with Gasteiger partial charge in [-0.15, -0.1) is 0 Å². The van der Waals surface area contributed by atoms with Crippen LogP contribution in [0.4, 0.5) is 4.79 Å². The number of aromatic nitrogens is 2. The Morgan fingerprint density at radius 2 is 2.00 bits per heavy atom. The number of hydrogen-bond donors (Lipinski definition) is 0. The Bertz CT molecular complexity index is 680. The summed E-state index contributed by atoms with van der Waals surface area (Å²) in [6, 6.07) is -0.00314. The topological polar surface area (TPSA) is 75.6 Å². The Hall–Kier alpha value is -2.62. The number of nitrogens with zero attached hydrogens (tertiary/aromatic N) is 4. The van der Waals surface area contributed by atoms with E-state index in [0.717, 1.165) is 0 Å². The molecule has 140 valence electrons. The molecule has 1 aliphatic rings. The SMILES string of the molecule is CC(=O)N1CCC(N(CC#Cc2cnccn2)C(=O)OC(C)(C)C)CC1. The van der Waals surface area contributed by atoms with Gasteiger partial charge in [0.25, 0.3) is 0 Å². The molecule has 2 rings (SSSR count). The molecule has 0 aromatic carbocycles. The Morgan fingerprint density at radius 1 is 1.31 bits per heavy atom. The van der Waals surface area contributed by atoms with E-state index in [1.807, 2.05) is 20.8 Å². The first-order valence-corrected chi connectivity index (χ1v) is 8.76. The van der Waals surface area contributed by atoms with Gasteiger partial charge < -0.3 is 9.64 Å². The first-order valence-electron chi connectivity index (χ1n) is 8.76. The van der Waals surface area contributed by atoms with Crippen LogP contribution in [0.3, 0.4) is 0 Å². The van der Waals surface area contributed by atoms with Crippen molar-refractivity contribution < 1.29 is 14.3 Å². The van der Waals surface area contributed by atoms with Crippen LogP contribution in [0.2, 0.25) is 0 Å². The molecule has 1 aliphatic heterocycles. The lowest BCUT2D eigenvalue weighted by atomic mass is 10.0. The van der Waals surface area contributed by atoms with Crippen molar-refractivity contribution in [3.8, 4) is 11.8 Å². The summed E-state index contributed by atoms with van der Waals surface area (Å²) in [5, 5.41) is 0. The van der Waals surface area contributed by atoms with Crippen LogP contribution in [-0.2, 0) is 9.53 Å². The van der Waals surface area contributed by atoms with Crippen LogP contribution in [0.15, 0.2) is 18.6 Å². The van der Waals surface area contributed by atoms with E-state index in [1.165, 1.54) is 0 Å². The van der Waals surface area contributed by atoms with Gasteiger partial charge in [-0.2, -0.15) is 0 Å². The van der Waals surface area contributed by atoms with Crippen molar-refractivity contribution in [1.82, 2.24) is 19.8 Å².